The number of hydrogen-bond donors (Lipinski definition) is 0. The molecule has 0 amide bonds. The molecule has 0 atom stereocenters. The summed E-state index contributed by atoms with van der Waals surface area (Å²) in [5.41, 5.74) is 14.1. The van der Waals surface area contributed by atoms with Crippen molar-refractivity contribution in [3.8, 4) is 22.3 Å². The second kappa shape index (κ2) is 13.0. The summed E-state index contributed by atoms with van der Waals surface area (Å²) in [5.74, 6) is 2.52. The van der Waals surface area contributed by atoms with E-state index in [1.165, 1.54) is 55.6 Å². The van der Waals surface area contributed by atoms with Crippen molar-refractivity contribution in [1.82, 2.24) is 0 Å². The predicted molar refractivity (Wildman–Crippen MR) is 198 cm³/mol. The van der Waals surface area contributed by atoms with E-state index in [1.807, 2.05) is 0 Å². The Hall–Kier alpha value is -2.36. The van der Waals surface area contributed by atoms with Crippen LogP contribution in [-0.2, 0) is 9.31 Å². The first kappa shape index (κ1) is 35.5. The monoisotopic (exact) mass is 608 g/mol. The van der Waals surface area contributed by atoms with Crippen LogP contribution in [0, 0.1) is 0 Å². The average molecular weight is 609 g/mol. The van der Waals surface area contributed by atoms with Gasteiger partial charge < -0.3 is 9.31 Å². The Morgan fingerprint density at radius 1 is 0.422 bits per heavy atom. The van der Waals surface area contributed by atoms with E-state index in [0.717, 1.165) is 5.46 Å². The van der Waals surface area contributed by atoms with E-state index in [9.17, 15) is 0 Å². The third-order valence-electron chi connectivity index (χ3n) is 10.3. The van der Waals surface area contributed by atoms with Crippen molar-refractivity contribution >= 4 is 12.6 Å². The Balaban J connectivity index is 2.15. The van der Waals surface area contributed by atoms with Crippen molar-refractivity contribution in [2.24, 2.45) is 0 Å². The highest BCUT2D eigenvalue weighted by Gasteiger charge is 2.52. The maximum absolute atomic E-state index is 6.72. The van der Waals surface area contributed by atoms with Crippen molar-refractivity contribution in [2.45, 2.75) is 157 Å². The molecule has 244 valence electrons. The molecular formula is C42H61BO2. The standard InChI is InChI=1S/C42H61BO2/c1-24(2)30-20-35(26(5)6)39(36(21-30)27(7)8)32-17-33(19-34(18-32)43-44-41(13,14)42(15,16)45-43)40-37(28(9)10)22-31(25(3)4)23-38(40)29(11)12/h17-29H,1-16H3. The lowest BCUT2D eigenvalue weighted by Gasteiger charge is -2.32. The number of rotatable bonds is 9. The molecule has 0 saturated carbocycles. The summed E-state index contributed by atoms with van der Waals surface area (Å²) in [6.07, 6.45) is 0. The van der Waals surface area contributed by atoms with Gasteiger partial charge in [-0.25, -0.2) is 0 Å². The van der Waals surface area contributed by atoms with Crippen LogP contribution in [0.25, 0.3) is 22.3 Å². The molecule has 0 aliphatic carbocycles. The fourth-order valence-corrected chi connectivity index (χ4v) is 6.63. The van der Waals surface area contributed by atoms with E-state index in [-0.39, 0.29) is 0 Å². The number of hydrogen-bond acceptors (Lipinski definition) is 2. The normalized spacial score (nSPS) is 16.4. The highest BCUT2D eigenvalue weighted by molar-refractivity contribution is 6.62. The summed E-state index contributed by atoms with van der Waals surface area (Å²) in [5, 5.41) is 0. The van der Waals surface area contributed by atoms with Gasteiger partial charge in [0.15, 0.2) is 0 Å². The summed E-state index contributed by atoms with van der Waals surface area (Å²) in [4.78, 5) is 0. The fourth-order valence-electron chi connectivity index (χ4n) is 6.63. The van der Waals surface area contributed by atoms with Crippen molar-refractivity contribution in [3.63, 3.8) is 0 Å². The van der Waals surface area contributed by atoms with Gasteiger partial charge in [0.1, 0.15) is 0 Å². The van der Waals surface area contributed by atoms with Crippen LogP contribution < -0.4 is 5.46 Å². The molecule has 1 saturated heterocycles. The summed E-state index contributed by atoms with van der Waals surface area (Å²) in [6, 6.07) is 17.1. The van der Waals surface area contributed by atoms with Crippen molar-refractivity contribution < 1.29 is 9.31 Å². The van der Waals surface area contributed by atoms with Gasteiger partial charge in [-0.1, -0.05) is 119 Å². The molecule has 3 heteroatoms. The Kier molecular flexibility index (Phi) is 10.3. The minimum absolute atomic E-state index is 0.392. The lowest BCUT2D eigenvalue weighted by atomic mass is 9.73. The quantitative estimate of drug-likeness (QED) is 0.225. The third-order valence-corrected chi connectivity index (χ3v) is 10.3. The third kappa shape index (κ3) is 7.01. The van der Waals surface area contributed by atoms with E-state index >= 15 is 0 Å². The molecule has 0 bridgehead atoms. The second-order valence-corrected chi connectivity index (χ2v) is 16.5. The van der Waals surface area contributed by atoms with Crippen LogP contribution in [0.1, 0.15) is 180 Å². The fraction of sp³-hybridized carbons (Fsp3) is 0.571. The molecule has 3 aromatic rings. The molecule has 1 aliphatic rings. The second-order valence-electron chi connectivity index (χ2n) is 16.5. The van der Waals surface area contributed by atoms with Crippen LogP contribution in [0.15, 0.2) is 42.5 Å². The molecule has 1 heterocycles. The lowest BCUT2D eigenvalue weighted by molar-refractivity contribution is 0.00578. The Morgan fingerprint density at radius 2 is 0.711 bits per heavy atom. The molecule has 0 spiro atoms. The van der Waals surface area contributed by atoms with Gasteiger partial charge in [0.25, 0.3) is 0 Å². The van der Waals surface area contributed by atoms with Gasteiger partial charge >= 0.3 is 7.12 Å². The molecule has 45 heavy (non-hydrogen) atoms. The van der Waals surface area contributed by atoms with E-state index in [4.69, 9.17) is 9.31 Å². The van der Waals surface area contributed by atoms with Crippen LogP contribution in [0.2, 0.25) is 0 Å². The zero-order valence-corrected chi connectivity index (χ0v) is 31.4. The van der Waals surface area contributed by atoms with Crippen LogP contribution in [-0.4, -0.2) is 18.3 Å². The SMILES string of the molecule is CC(C)c1cc(C(C)C)c(-c2cc(B3OC(C)(C)C(C)(C)O3)cc(-c3c(C(C)C)cc(C(C)C)cc3C(C)C)c2)c(C(C)C)c1. The van der Waals surface area contributed by atoms with Crippen LogP contribution in [0.4, 0.5) is 0 Å². The Morgan fingerprint density at radius 3 is 0.956 bits per heavy atom. The summed E-state index contributed by atoms with van der Waals surface area (Å²) in [6.45, 7) is 36.5. The average Bonchev–Trinajstić information content (AvgIpc) is 3.17. The highest BCUT2D eigenvalue weighted by atomic mass is 16.7. The first-order chi connectivity index (χ1) is 20.8. The maximum atomic E-state index is 6.72. The molecule has 1 aliphatic heterocycles. The molecular weight excluding hydrogens is 547 g/mol. The maximum Gasteiger partial charge on any atom is 0.494 e. The molecule has 4 rings (SSSR count). The minimum Gasteiger partial charge on any atom is -0.399 e. The van der Waals surface area contributed by atoms with Gasteiger partial charge in [-0.2, -0.15) is 0 Å². The summed E-state index contributed by atoms with van der Waals surface area (Å²) < 4.78 is 13.4. The smallest absolute Gasteiger partial charge is 0.399 e. The molecule has 0 unspecified atom stereocenters. The van der Waals surface area contributed by atoms with Crippen LogP contribution in [0.5, 0.6) is 0 Å². The minimum atomic E-state index is -0.437. The van der Waals surface area contributed by atoms with E-state index < -0.39 is 18.3 Å². The van der Waals surface area contributed by atoms with Crippen molar-refractivity contribution in [1.29, 1.82) is 0 Å². The zero-order chi connectivity index (χ0) is 33.8. The zero-order valence-electron chi connectivity index (χ0n) is 31.4. The number of benzene rings is 3. The van der Waals surface area contributed by atoms with E-state index in [0.29, 0.717) is 35.5 Å². The van der Waals surface area contributed by atoms with E-state index in [1.54, 1.807) is 0 Å². The topological polar surface area (TPSA) is 18.5 Å². The molecule has 0 radical (unpaired) electrons. The lowest BCUT2D eigenvalue weighted by Crippen LogP contribution is -2.41. The molecule has 1 fully saturated rings. The largest absolute Gasteiger partial charge is 0.494 e. The predicted octanol–water partition coefficient (Wildman–Crippen LogP) is 12.1. The van der Waals surface area contributed by atoms with Gasteiger partial charge in [-0.15, -0.1) is 0 Å². The van der Waals surface area contributed by atoms with Gasteiger partial charge in [-0.3, -0.25) is 0 Å². The Bertz CT molecular complexity index is 1350. The Labute approximate surface area is 276 Å². The van der Waals surface area contributed by atoms with Gasteiger partial charge in [0.05, 0.1) is 11.2 Å². The molecule has 0 N–H and O–H groups in total. The summed E-state index contributed by atoms with van der Waals surface area (Å²) >= 11 is 0. The van der Waals surface area contributed by atoms with Gasteiger partial charge in [-0.05, 0) is 130 Å². The van der Waals surface area contributed by atoms with Crippen molar-refractivity contribution in [2.75, 3.05) is 0 Å². The summed E-state index contributed by atoms with van der Waals surface area (Å²) in [7, 11) is -0.437. The molecule has 0 aromatic heterocycles. The molecule has 2 nitrogen and oxygen atoms in total. The van der Waals surface area contributed by atoms with Crippen molar-refractivity contribution in [3.05, 3.63) is 75.8 Å². The first-order valence-electron chi connectivity index (χ1n) is 17.6. The first-order valence-corrected chi connectivity index (χ1v) is 17.6. The highest BCUT2D eigenvalue weighted by Crippen LogP contribution is 2.44. The van der Waals surface area contributed by atoms with Crippen LogP contribution >= 0.6 is 0 Å². The van der Waals surface area contributed by atoms with Gasteiger partial charge in [0, 0.05) is 0 Å². The van der Waals surface area contributed by atoms with Gasteiger partial charge in [0.2, 0.25) is 0 Å². The molecule has 3 aromatic carbocycles. The van der Waals surface area contributed by atoms with E-state index in [2.05, 4.69) is 153 Å². The van der Waals surface area contributed by atoms with Crippen LogP contribution in [0.3, 0.4) is 0 Å².